The van der Waals surface area contributed by atoms with Gasteiger partial charge in [-0.3, -0.25) is 13.9 Å². The first-order valence-electron chi connectivity index (χ1n) is 15.1. The summed E-state index contributed by atoms with van der Waals surface area (Å²) in [4.78, 5) is 29.4. The fourth-order valence-electron chi connectivity index (χ4n) is 4.98. The first-order valence-corrected chi connectivity index (χ1v) is 17.7. The summed E-state index contributed by atoms with van der Waals surface area (Å²) in [6.07, 6.45) is -4.34. The van der Waals surface area contributed by atoms with Crippen LogP contribution in [-0.4, -0.2) is 43.8 Å². The third kappa shape index (κ3) is 9.48. The second kappa shape index (κ2) is 16.3. The summed E-state index contributed by atoms with van der Waals surface area (Å²) in [5.41, 5.74) is -0.775. The Bertz CT molecular complexity index is 1860. The Labute approximate surface area is 298 Å². The van der Waals surface area contributed by atoms with Crippen molar-refractivity contribution in [1.29, 1.82) is 0 Å². The van der Waals surface area contributed by atoms with E-state index in [0.717, 1.165) is 17.0 Å². The molecule has 49 heavy (non-hydrogen) atoms. The van der Waals surface area contributed by atoms with E-state index >= 15 is 0 Å². The zero-order valence-corrected chi connectivity index (χ0v) is 29.5. The van der Waals surface area contributed by atoms with Gasteiger partial charge in [0, 0.05) is 34.6 Å². The number of hydrogen-bond acceptors (Lipinski definition) is 4. The van der Waals surface area contributed by atoms with E-state index in [1.165, 1.54) is 24.3 Å². The van der Waals surface area contributed by atoms with Crippen LogP contribution in [0.5, 0.6) is 0 Å². The average Bonchev–Trinajstić information content (AvgIpc) is 3.06. The van der Waals surface area contributed by atoms with Crippen molar-refractivity contribution < 1.29 is 31.2 Å². The molecule has 0 unspecified atom stereocenters. The Morgan fingerprint density at radius 1 is 0.837 bits per heavy atom. The smallest absolute Gasteiger partial charge is 0.352 e. The van der Waals surface area contributed by atoms with Crippen molar-refractivity contribution in [3.05, 3.63) is 129 Å². The maximum Gasteiger partial charge on any atom is 0.417 e. The minimum absolute atomic E-state index is 0.0154. The van der Waals surface area contributed by atoms with Crippen LogP contribution in [0.3, 0.4) is 0 Å². The minimum Gasteiger partial charge on any atom is -0.352 e. The molecule has 0 fully saturated rings. The highest BCUT2D eigenvalue weighted by molar-refractivity contribution is 7.92. The summed E-state index contributed by atoms with van der Waals surface area (Å²) in [5, 5.41) is 2.62. The molecule has 260 valence electrons. The van der Waals surface area contributed by atoms with Gasteiger partial charge in [0.05, 0.1) is 21.2 Å². The van der Waals surface area contributed by atoms with Crippen LogP contribution in [0.2, 0.25) is 15.1 Å². The number of halogens is 6. The molecule has 2 amide bonds. The molecule has 0 heterocycles. The van der Waals surface area contributed by atoms with E-state index in [-0.39, 0.29) is 39.5 Å². The molecule has 0 radical (unpaired) electrons. The van der Waals surface area contributed by atoms with E-state index in [0.29, 0.717) is 22.4 Å². The van der Waals surface area contributed by atoms with Crippen LogP contribution >= 0.6 is 34.8 Å². The normalized spacial score (nSPS) is 13.0. The molecule has 0 saturated heterocycles. The number of sulfonamides is 1. The quantitative estimate of drug-likeness (QED) is 0.149. The number of carbonyl (C=O) groups excluding carboxylic acids is 2. The first kappa shape index (κ1) is 38.0. The van der Waals surface area contributed by atoms with Gasteiger partial charge < -0.3 is 10.2 Å². The molecule has 4 aromatic carbocycles. The van der Waals surface area contributed by atoms with Crippen molar-refractivity contribution in [2.24, 2.45) is 0 Å². The lowest BCUT2D eigenvalue weighted by atomic mass is 10.0. The summed E-state index contributed by atoms with van der Waals surface area (Å²) in [7, 11) is -4.65. The number of alkyl halides is 3. The number of carbonyl (C=O) groups is 2. The van der Waals surface area contributed by atoms with Gasteiger partial charge >= 0.3 is 6.18 Å². The fourth-order valence-corrected chi connectivity index (χ4v) is 7.15. The van der Waals surface area contributed by atoms with Crippen LogP contribution in [-0.2, 0) is 38.8 Å². The second-order valence-electron chi connectivity index (χ2n) is 11.2. The van der Waals surface area contributed by atoms with Gasteiger partial charge in [-0.1, -0.05) is 96.3 Å². The Morgan fingerprint density at radius 3 is 2.00 bits per heavy atom. The van der Waals surface area contributed by atoms with Gasteiger partial charge in [0.1, 0.15) is 12.6 Å². The van der Waals surface area contributed by atoms with Crippen molar-refractivity contribution in [2.45, 2.75) is 56.4 Å². The second-order valence-corrected chi connectivity index (χ2v) is 14.3. The molecule has 14 heteroatoms. The van der Waals surface area contributed by atoms with Crippen molar-refractivity contribution in [3.8, 4) is 0 Å². The lowest BCUT2D eigenvalue weighted by molar-refractivity contribution is -0.140. The molecule has 2 atom stereocenters. The highest BCUT2D eigenvalue weighted by Crippen LogP contribution is 2.38. The highest BCUT2D eigenvalue weighted by Gasteiger charge is 2.38. The van der Waals surface area contributed by atoms with Crippen LogP contribution in [0.15, 0.2) is 102 Å². The van der Waals surface area contributed by atoms with Gasteiger partial charge in [0.2, 0.25) is 11.8 Å². The maximum absolute atomic E-state index is 14.6. The summed E-state index contributed by atoms with van der Waals surface area (Å²) >= 11 is 18.9. The van der Waals surface area contributed by atoms with Crippen LogP contribution in [0.1, 0.15) is 37.0 Å². The van der Waals surface area contributed by atoms with Crippen LogP contribution in [0.4, 0.5) is 18.9 Å². The molecular weight excluding hydrogens is 722 g/mol. The third-order valence-corrected chi connectivity index (χ3v) is 10.6. The Balaban J connectivity index is 1.89. The molecule has 0 aliphatic carbocycles. The molecule has 0 spiro atoms. The summed E-state index contributed by atoms with van der Waals surface area (Å²) in [5.74, 6) is -1.43. The molecule has 0 aliphatic heterocycles. The number of amides is 2. The van der Waals surface area contributed by atoms with E-state index in [2.05, 4.69) is 5.32 Å². The SMILES string of the molecule is CC[C@H](C)NC(=O)[C@H](Cc1ccccc1)N(Cc1c(Cl)cccc1Cl)C(=O)CN(c1ccc(Cl)c(C(F)(F)F)c1)S(=O)(=O)c1ccccc1. The van der Waals surface area contributed by atoms with Gasteiger partial charge in [0.25, 0.3) is 10.0 Å². The standard InChI is InChI=1S/C35H33Cl3F3N3O4S/c1-3-23(2)42-34(46)32(19-24-11-6-4-7-12-24)43(21-27-29(36)15-10-16-30(27)37)33(45)22-44(49(47,48)26-13-8-5-9-14-26)25-17-18-31(38)28(20-25)35(39,40)41/h4-18,20,23,32H,3,19,21-22H2,1-2H3,(H,42,46)/t23-,32-/m0/s1. The van der Waals surface area contributed by atoms with E-state index in [9.17, 15) is 31.2 Å². The van der Waals surface area contributed by atoms with Gasteiger partial charge in [-0.15, -0.1) is 0 Å². The molecule has 0 aromatic heterocycles. The molecule has 1 N–H and O–H groups in total. The van der Waals surface area contributed by atoms with Crippen LogP contribution in [0, 0.1) is 0 Å². The number of anilines is 1. The monoisotopic (exact) mass is 753 g/mol. The fraction of sp³-hybridized carbons (Fsp3) is 0.257. The van der Waals surface area contributed by atoms with Crippen molar-refractivity contribution >= 4 is 62.3 Å². The van der Waals surface area contributed by atoms with Crippen molar-refractivity contribution in [1.82, 2.24) is 10.2 Å². The van der Waals surface area contributed by atoms with Crippen molar-refractivity contribution in [2.75, 3.05) is 10.8 Å². The van der Waals surface area contributed by atoms with Gasteiger partial charge in [-0.2, -0.15) is 13.2 Å². The average molecular weight is 755 g/mol. The predicted molar refractivity (Wildman–Crippen MR) is 186 cm³/mol. The van der Waals surface area contributed by atoms with Gasteiger partial charge in [-0.05, 0) is 61.4 Å². The Morgan fingerprint density at radius 2 is 1.43 bits per heavy atom. The van der Waals surface area contributed by atoms with Crippen molar-refractivity contribution in [3.63, 3.8) is 0 Å². The Hall–Kier alpha value is -3.77. The van der Waals surface area contributed by atoms with Gasteiger partial charge in [-0.25, -0.2) is 8.42 Å². The summed E-state index contributed by atoms with van der Waals surface area (Å²) in [6.45, 7) is 2.36. The molecule has 7 nitrogen and oxygen atoms in total. The van der Waals surface area contributed by atoms with E-state index in [4.69, 9.17) is 34.8 Å². The van der Waals surface area contributed by atoms with E-state index in [1.807, 2.05) is 6.92 Å². The molecule has 0 saturated carbocycles. The van der Waals surface area contributed by atoms with E-state index < -0.39 is 56.9 Å². The lowest BCUT2D eigenvalue weighted by Crippen LogP contribution is -2.54. The highest BCUT2D eigenvalue weighted by atomic mass is 35.5. The van der Waals surface area contributed by atoms with E-state index in [1.54, 1.807) is 61.5 Å². The Kier molecular flexibility index (Phi) is 12.6. The first-order chi connectivity index (χ1) is 23.1. The topological polar surface area (TPSA) is 86.8 Å². The summed E-state index contributed by atoms with van der Waals surface area (Å²) < 4.78 is 70.7. The largest absolute Gasteiger partial charge is 0.417 e. The number of hydrogen-bond donors (Lipinski definition) is 1. The maximum atomic E-state index is 14.6. The van der Waals surface area contributed by atoms with Crippen LogP contribution < -0.4 is 9.62 Å². The zero-order chi connectivity index (χ0) is 35.9. The minimum atomic E-state index is -4.93. The number of nitrogens with zero attached hydrogens (tertiary/aromatic N) is 2. The lowest BCUT2D eigenvalue weighted by Gasteiger charge is -2.34. The zero-order valence-electron chi connectivity index (χ0n) is 26.4. The number of rotatable bonds is 13. The van der Waals surface area contributed by atoms with Crippen LogP contribution in [0.25, 0.3) is 0 Å². The molecular formula is C35H33Cl3F3N3O4S. The molecule has 4 aromatic rings. The predicted octanol–water partition coefficient (Wildman–Crippen LogP) is 8.42. The third-order valence-electron chi connectivity index (χ3n) is 7.82. The molecule has 0 bridgehead atoms. The molecule has 0 aliphatic rings. The molecule has 4 rings (SSSR count). The summed E-state index contributed by atoms with van der Waals surface area (Å²) in [6, 6.07) is 21.6. The number of benzene rings is 4. The number of nitrogens with one attached hydrogen (secondary N) is 1. The van der Waals surface area contributed by atoms with Gasteiger partial charge in [0.15, 0.2) is 0 Å².